The Morgan fingerprint density at radius 1 is 1.20 bits per heavy atom. The maximum Gasteiger partial charge on any atom is 0.0406 e. The van der Waals surface area contributed by atoms with Gasteiger partial charge in [-0.3, -0.25) is 4.90 Å². The molecule has 0 radical (unpaired) electrons. The van der Waals surface area contributed by atoms with Gasteiger partial charge in [-0.1, -0.05) is 30.7 Å². The predicted molar refractivity (Wildman–Crippen MR) is 85.0 cm³/mol. The first-order valence-electron chi connectivity index (χ1n) is 7.86. The molecule has 2 nitrogen and oxygen atoms in total. The predicted octanol–water partition coefficient (Wildman–Crippen LogP) is 3.33. The highest BCUT2D eigenvalue weighted by Crippen LogP contribution is 2.34. The van der Waals surface area contributed by atoms with Gasteiger partial charge in [-0.05, 0) is 55.2 Å². The molecule has 1 aliphatic carbocycles. The standard InChI is InChI=1S/C17H25ClN2/c1-12-2-7-17(12)20-10-14(9-16(19)11-20)8-13-3-5-15(18)6-4-13/h3-6,12,14,16-17H,2,7-11,19H2,1H3. The summed E-state index contributed by atoms with van der Waals surface area (Å²) in [5.74, 6) is 1.55. The first-order valence-corrected chi connectivity index (χ1v) is 8.23. The van der Waals surface area contributed by atoms with E-state index in [1.165, 1.54) is 24.9 Å². The lowest BCUT2D eigenvalue weighted by molar-refractivity contribution is 0.0288. The average Bonchev–Trinajstić information content (AvgIpc) is 2.39. The van der Waals surface area contributed by atoms with E-state index in [-0.39, 0.29) is 0 Å². The molecule has 0 aromatic heterocycles. The largest absolute Gasteiger partial charge is 0.327 e. The molecular formula is C17H25ClN2. The summed E-state index contributed by atoms with van der Waals surface area (Å²) >= 11 is 5.96. The quantitative estimate of drug-likeness (QED) is 0.926. The molecule has 4 unspecified atom stereocenters. The maximum absolute atomic E-state index is 6.29. The number of piperidine rings is 1. The van der Waals surface area contributed by atoms with E-state index in [2.05, 4.69) is 24.0 Å². The second kappa shape index (κ2) is 6.05. The van der Waals surface area contributed by atoms with Crippen LogP contribution in [0, 0.1) is 11.8 Å². The number of nitrogens with two attached hydrogens (primary N) is 1. The molecule has 0 amide bonds. The van der Waals surface area contributed by atoms with Crippen LogP contribution in [0.1, 0.15) is 31.7 Å². The van der Waals surface area contributed by atoms with E-state index in [0.717, 1.165) is 36.4 Å². The Labute approximate surface area is 127 Å². The van der Waals surface area contributed by atoms with Crippen molar-refractivity contribution < 1.29 is 0 Å². The van der Waals surface area contributed by atoms with Crippen LogP contribution in [0.25, 0.3) is 0 Å². The number of benzene rings is 1. The Hall–Kier alpha value is -0.570. The van der Waals surface area contributed by atoms with E-state index < -0.39 is 0 Å². The molecule has 4 atom stereocenters. The van der Waals surface area contributed by atoms with Gasteiger partial charge in [0, 0.05) is 30.2 Å². The highest BCUT2D eigenvalue weighted by Gasteiger charge is 2.36. The van der Waals surface area contributed by atoms with E-state index in [9.17, 15) is 0 Å². The van der Waals surface area contributed by atoms with E-state index in [1.54, 1.807) is 0 Å². The van der Waals surface area contributed by atoms with Crippen molar-refractivity contribution in [3.05, 3.63) is 34.9 Å². The van der Waals surface area contributed by atoms with Crippen LogP contribution >= 0.6 is 11.6 Å². The van der Waals surface area contributed by atoms with Gasteiger partial charge in [0.2, 0.25) is 0 Å². The van der Waals surface area contributed by atoms with Crippen LogP contribution in [0.3, 0.4) is 0 Å². The van der Waals surface area contributed by atoms with Crippen LogP contribution in [0.2, 0.25) is 5.02 Å². The zero-order valence-electron chi connectivity index (χ0n) is 12.3. The fraction of sp³-hybridized carbons (Fsp3) is 0.647. The van der Waals surface area contributed by atoms with Crippen molar-refractivity contribution in [1.29, 1.82) is 0 Å². The molecule has 110 valence electrons. The first-order chi connectivity index (χ1) is 9.61. The second-order valence-corrected chi connectivity index (χ2v) is 7.20. The Bertz CT molecular complexity index is 445. The van der Waals surface area contributed by atoms with Gasteiger partial charge in [-0.15, -0.1) is 0 Å². The molecule has 1 saturated heterocycles. The van der Waals surface area contributed by atoms with Crippen LogP contribution in [0.15, 0.2) is 24.3 Å². The maximum atomic E-state index is 6.29. The van der Waals surface area contributed by atoms with Crippen LogP contribution in [-0.2, 0) is 6.42 Å². The molecule has 1 aliphatic heterocycles. The second-order valence-electron chi connectivity index (χ2n) is 6.77. The van der Waals surface area contributed by atoms with Gasteiger partial charge in [0.15, 0.2) is 0 Å². The van der Waals surface area contributed by atoms with Crippen molar-refractivity contribution in [2.24, 2.45) is 17.6 Å². The number of likely N-dealkylation sites (tertiary alicyclic amines) is 1. The molecule has 2 fully saturated rings. The van der Waals surface area contributed by atoms with Gasteiger partial charge in [0.05, 0.1) is 0 Å². The SMILES string of the molecule is CC1CCC1N1CC(N)CC(Cc2ccc(Cl)cc2)C1. The Kier molecular flexibility index (Phi) is 4.34. The lowest BCUT2D eigenvalue weighted by Crippen LogP contribution is -2.55. The molecule has 3 heteroatoms. The molecular weight excluding hydrogens is 268 g/mol. The highest BCUT2D eigenvalue weighted by atomic mass is 35.5. The van der Waals surface area contributed by atoms with Crippen LogP contribution in [0.4, 0.5) is 0 Å². The molecule has 1 aromatic carbocycles. The van der Waals surface area contributed by atoms with Gasteiger partial charge in [0.25, 0.3) is 0 Å². The van der Waals surface area contributed by atoms with E-state index >= 15 is 0 Å². The lowest BCUT2D eigenvalue weighted by Gasteiger charge is -2.48. The number of hydrogen-bond acceptors (Lipinski definition) is 2. The molecule has 2 aliphatic rings. The Balaban J connectivity index is 1.62. The van der Waals surface area contributed by atoms with E-state index in [0.29, 0.717) is 12.0 Å². The molecule has 1 saturated carbocycles. The molecule has 1 aromatic rings. The summed E-state index contributed by atoms with van der Waals surface area (Å²) in [6.45, 7) is 4.68. The third-order valence-electron chi connectivity index (χ3n) is 5.08. The van der Waals surface area contributed by atoms with Crippen LogP contribution < -0.4 is 5.73 Å². The summed E-state index contributed by atoms with van der Waals surface area (Å²) in [6.07, 6.45) is 5.03. The number of rotatable bonds is 3. The summed E-state index contributed by atoms with van der Waals surface area (Å²) in [5, 5.41) is 0.819. The Morgan fingerprint density at radius 3 is 2.55 bits per heavy atom. The van der Waals surface area contributed by atoms with Crippen molar-refractivity contribution in [1.82, 2.24) is 4.90 Å². The summed E-state index contributed by atoms with van der Waals surface area (Å²) in [7, 11) is 0. The van der Waals surface area contributed by atoms with E-state index in [4.69, 9.17) is 17.3 Å². The van der Waals surface area contributed by atoms with Crippen molar-refractivity contribution in [2.45, 2.75) is 44.7 Å². The third kappa shape index (κ3) is 3.19. The zero-order chi connectivity index (χ0) is 14.1. The van der Waals surface area contributed by atoms with Gasteiger partial charge in [0.1, 0.15) is 0 Å². The van der Waals surface area contributed by atoms with Crippen molar-refractivity contribution in [2.75, 3.05) is 13.1 Å². The van der Waals surface area contributed by atoms with Crippen molar-refractivity contribution in [3.63, 3.8) is 0 Å². The minimum atomic E-state index is 0.342. The molecule has 0 spiro atoms. The minimum Gasteiger partial charge on any atom is -0.327 e. The van der Waals surface area contributed by atoms with Crippen LogP contribution in [-0.4, -0.2) is 30.1 Å². The summed E-state index contributed by atoms with van der Waals surface area (Å²) in [6, 6.07) is 9.41. The number of nitrogens with zero attached hydrogens (tertiary/aromatic N) is 1. The molecule has 1 heterocycles. The summed E-state index contributed by atoms with van der Waals surface area (Å²) in [4.78, 5) is 2.66. The average molecular weight is 293 g/mol. The summed E-state index contributed by atoms with van der Waals surface area (Å²) in [5.41, 5.74) is 7.68. The first kappa shape index (κ1) is 14.4. The topological polar surface area (TPSA) is 29.3 Å². The lowest BCUT2D eigenvalue weighted by atomic mass is 9.77. The molecule has 20 heavy (non-hydrogen) atoms. The fourth-order valence-electron chi connectivity index (χ4n) is 3.85. The van der Waals surface area contributed by atoms with Gasteiger partial charge < -0.3 is 5.73 Å². The number of halogens is 1. The fourth-order valence-corrected chi connectivity index (χ4v) is 3.97. The molecule has 2 N–H and O–H groups in total. The van der Waals surface area contributed by atoms with Crippen molar-refractivity contribution in [3.8, 4) is 0 Å². The minimum absolute atomic E-state index is 0.342. The van der Waals surface area contributed by atoms with Crippen LogP contribution in [0.5, 0.6) is 0 Å². The zero-order valence-corrected chi connectivity index (χ0v) is 13.0. The number of hydrogen-bond donors (Lipinski definition) is 1. The normalized spacial score (nSPS) is 34.8. The third-order valence-corrected chi connectivity index (χ3v) is 5.33. The molecule has 0 bridgehead atoms. The summed E-state index contributed by atoms with van der Waals surface area (Å²) < 4.78 is 0. The van der Waals surface area contributed by atoms with Crippen molar-refractivity contribution >= 4 is 11.6 Å². The highest BCUT2D eigenvalue weighted by molar-refractivity contribution is 6.30. The molecule has 3 rings (SSSR count). The smallest absolute Gasteiger partial charge is 0.0406 e. The monoisotopic (exact) mass is 292 g/mol. The van der Waals surface area contributed by atoms with E-state index in [1.807, 2.05) is 12.1 Å². The van der Waals surface area contributed by atoms with Gasteiger partial charge >= 0.3 is 0 Å². The van der Waals surface area contributed by atoms with Gasteiger partial charge in [-0.2, -0.15) is 0 Å². The Morgan fingerprint density at radius 2 is 1.95 bits per heavy atom. The van der Waals surface area contributed by atoms with Gasteiger partial charge in [-0.25, -0.2) is 0 Å².